The Morgan fingerprint density at radius 3 is 2.15 bits per heavy atom. The molecule has 3 heteroatoms. The first-order valence-corrected chi connectivity index (χ1v) is 7.97. The normalized spacial score (nSPS) is 15.2. The first-order valence-electron chi connectivity index (χ1n) is 7.97. The Morgan fingerprint density at radius 1 is 0.900 bits per heavy atom. The van der Waals surface area contributed by atoms with Gasteiger partial charge >= 0.3 is 0 Å². The van der Waals surface area contributed by atoms with Crippen molar-refractivity contribution in [2.24, 2.45) is 0 Å². The number of hydrogen-bond donors (Lipinski definition) is 0. The van der Waals surface area contributed by atoms with Crippen LogP contribution in [-0.2, 0) is 6.42 Å². The van der Waals surface area contributed by atoms with Gasteiger partial charge in [0.1, 0.15) is 11.5 Å². The minimum Gasteiger partial charge on any atom is -0.494 e. The van der Waals surface area contributed by atoms with Crippen LogP contribution < -0.4 is 14.4 Å². The number of aryl methyl sites for hydroxylation is 1. The van der Waals surface area contributed by atoms with E-state index in [4.69, 9.17) is 9.47 Å². The molecule has 1 aromatic carbocycles. The van der Waals surface area contributed by atoms with E-state index in [1.165, 1.54) is 30.5 Å². The number of rotatable bonds is 6. The molecule has 0 spiro atoms. The molecule has 1 aliphatic rings. The van der Waals surface area contributed by atoms with Crippen LogP contribution in [0.4, 0.5) is 5.69 Å². The summed E-state index contributed by atoms with van der Waals surface area (Å²) in [4.78, 5) is 2.44. The summed E-state index contributed by atoms with van der Waals surface area (Å²) in [5, 5.41) is 0. The standard InChI is InChI=1S/C17H27NO2/c1-4-14-12-17(20-6-3)15(13-16(14)19-5-2)18-10-8-7-9-11-18/h12-13H,4-11H2,1-3H3. The second-order valence-corrected chi connectivity index (χ2v) is 5.19. The lowest BCUT2D eigenvalue weighted by Gasteiger charge is -2.31. The Morgan fingerprint density at radius 2 is 1.55 bits per heavy atom. The van der Waals surface area contributed by atoms with Crippen molar-refractivity contribution in [1.82, 2.24) is 0 Å². The highest BCUT2D eigenvalue weighted by Crippen LogP contribution is 2.37. The van der Waals surface area contributed by atoms with Gasteiger partial charge in [0.25, 0.3) is 0 Å². The first kappa shape index (κ1) is 15.0. The van der Waals surface area contributed by atoms with Crippen LogP contribution in [0.5, 0.6) is 11.5 Å². The van der Waals surface area contributed by atoms with E-state index in [1.54, 1.807) is 0 Å². The van der Waals surface area contributed by atoms with E-state index in [-0.39, 0.29) is 0 Å². The number of ether oxygens (including phenoxy) is 2. The molecule has 112 valence electrons. The van der Waals surface area contributed by atoms with E-state index in [1.807, 2.05) is 13.8 Å². The number of anilines is 1. The van der Waals surface area contributed by atoms with E-state index in [9.17, 15) is 0 Å². The molecule has 1 fully saturated rings. The third kappa shape index (κ3) is 3.38. The molecule has 2 rings (SSSR count). The minimum absolute atomic E-state index is 0.706. The molecule has 0 aliphatic carbocycles. The molecule has 3 nitrogen and oxygen atoms in total. The highest BCUT2D eigenvalue weighted by molar-refractivity contribution is 5.64. The fourth-order valence-corrected chi connectivity index (χ4v) is 2.81. The van der Waals surface area contributed by atoms with Gasteiger partial charge in [-0.1, -0.05) is 6.92 Å². The summed E-state index contributed by atoms with van der Waals surface area (Å²) < 4.78 is 11.7. The van der Waals surface area contributed by atoms with Crippen molar-refractivity contribution in [2.75, 3.05) is 31.2 Å². The molecule has 1 saturated heterocycles. The zero-order valence-electron chi connectivity index (χ0n) is 13.1. The van der Waals surface area contributed by atoms with Gasteiger partial charge in [0.15, 0.2) is 0 Å². The van der Waals surface area contributed by atoms with Gasteiger partial charge in [-0.05, 0) is 51.2 Å². The van der Waals surface area contributed by atoms with Gasteiger partial charge in [0, 0.05) is 19.2 Å². The van der Waals surface area contributed by atoms with Crippen LogP contribution in [0.15, 0.2) is 12.1 Å². The number of benzene rings is 1. The topological polar surface area (TPSA) is 21.7 Å². The lowest BCUT2D eigenvalue weighted by Crippen LogP contribution is -2.29. The molecule has 0 N–H and O–H groups in total. The fourth-order valence-electron chi connectivity index (χ4n) is 2.81. The van der Waals surface area contributed by atoms with E-state index in [2.05, 4.69) is 24.0 Å². The van der Waals surface area contributed by atoms with Gasteiger partial charge < -0.3 is 14.4 Å². The quantitative estimate of drug-likeness (QED) is 0.783. The van der Waals surface area contributed by atoms with Crippen molar-refractivity contribution in [3.8, 4) is 11.5 Å². The zero-order chi connectivity index (χ0) is 14.4. The predicted octanol–water partition coefficient (Wildman–Crippen LogP) is 4.04. The van der Waals surface area contributed by atoms with Crippen LogP contribution in [0.25, 0.3) is 0 Å². The van der Waals surface area contributed by atoms with Gasteiger partial charge in [0.05, 0.1) is 18.9 Å². The zero-order valence-corrected chi connectivity index (χ0v) is 13.1. The second kappa shape index (κ2) is 7.41. The van der Waals surface area contributed by atoms with Crippen molar-refractivity contribution < 1.29 is 9.47 Å². The van der Waals surface area contributed by atoms with Gasteiger partial charge in [-0.15, -0.1) is 0 Å². The Balaban J connectivity index is 2.36. The monoisotopic (exact) mass is 277 g/mol. The van der Waals surface area contributed by atoms with Crippen LogP contribution in [0.3, 0.4) is 0 Å². The van der Waals surface area contributed by atoms with Crippen LogP contribution >= 0.6 is 0 Å². The second-order valence-electron chi connectivity index (χ2n) is 5.19. The van der Waals surface area contributed by atoms with Crippen molar-refractivity contribution in [3.63, 3.8) is 0 Å². The van der Waals surface area contributed by atoms with E-state index < -0.39 is 0 Å². The molecule has 20 heavy (non-hydrogen) atoms. The van der Waals surface area contributed by atoms with E-state index in [0.717, 1.165) is 31.0 Å². The molecule has 1 heterocycles. The molecule has 0 saturated carbocycles. The molecule has 1 aliphatic heterocycles. The van der Waals surface area contributed by atoms with Gasteiger partial charge in [0.2, 0.25) is 0 Å². The smallest absolute Gasteiger partial charge is 0.143 e. The van der Waals surface area contributed by atoms with Crippen molar-refractivity contribution >= 4 is 5.69 Å². The largest absolute Gasteiger partial charge is 0.494 e. The summed E-state index contributed by atoms with van der Waals surface area (Å²) in [7, 11) is 0. The number of hydrogen-bond acceptors (Lipinski definition) is 3. The summed E-state index contributed by atoms with van der Waals surface area (Å²) in [6.07, 6.45) is 4.84. The molecular weight excluding hydrogens is 250 g/mol. The third-order valence-electron chi connectivity index (χ3n) is 3.82. The maximum Gasteiger partial charge on any atom is 0.143 e. The maximum atomic E-state index is 5.87. The highest BCUT2D eigenvalue weighted by atomic mass is 16.5. The van der Waals surface area contributed by atoms with Crippen molar-refractivity contribution in [3.05, 3.63) is 17.7 Å². The Bertz CT molecular complexity index is 425. The SMILES string of the molecule is CCOc1cc(N2CCCCC2)c(OCC)cc1CC. The van der Waals surface area contributed by atoms with Gasteiger partial charge in [-0.25, -0.2) is 0 Å². The molecule has 0 radical (unpaired) electrons. The summed E-state index contributed by atoms with van der Waals surface area (Å²) >= 11 is 0. The summed E-state index contributed by atoms with van der Waals surface area (Å²) in [5.74, 6) is 2.02. The predicted molar refractivity (Wildman–Crippen MR) is 84.2 cm³/mol. The summed E-state index contributed by atoms with van der Waals surface area (Å²) in [5.41, 5.74) is 2.43. The van der Waals surface area contributed by atoms with Crippen LogP contribution in [-0.4, -0.2) is 26.3 Å². The average Bonchev–Trinajstić information content (AvgIpc) is 2.49. The Labute approximate surface area is 122 Å². The molecule has 0 atom stereocenters. The lowest BCUT2D eigenvalue weighted by molar-refractivity contribution is 0.327. The molecule has 0 bridgehead atoms. The Hall–Kier alpha value is -1.38. The van der Waals surface area contributed by atoms with Crippen LogP contribution in [0.2, 0.25) is 0 Å². The fraction of sp³-hybridized carbons (Fsp3) is 0.647. The molecule has 0 aromatic heterocycles. The van der Waals surface area contributed by atoms with E-state index >= 15 is 0 Å². The van der Waals surface area contributed by atoms with Crippen molar-refractivity contribution in [2.45, 2.75) is 46.5 Å². The lowest BCUT2D eigenvalue weighted by atomic mass is 10.1. The van der Waals surface area contributed by atoms with Crippen LogP contribution in [0, 0.1) is 0 Å². The summed E-state index contributed by atoms with van der Waals surface area (Å²) in [6, 6.07) is 4.34. The third-order valence-corrected chi connectivity index (χ3v) is 3.82. The Kier molecular flexibility index (Phi) is 5.57. The minimum atomic E-state index is 0.706. The van der Waals surface area contributed by atoms with Crippen molar-refractivity contribution in [1.29, 1.82) is 0 Å². The summed E-state index contributed by atoms with van der Waals surface area (Å²) in [6.45, 7) is 9.90. The molecule has 0 amide bonds. The molecule has 0 unspecified atom stereocenters. The maximum absolute atomic E-state index is 5.87. The molecular formula is C17H27NO2. The van der Waals surface area contributed by atoms with Gasteiger partial charge in [-0.3, -0.25) is 0 Å². The average molecular weight is 277 g/mol. The first-order chi connectivity index (χ1) is 9.80. The van der Waals surface area contributed by atoms with Crippen LogP contribution in [0.1, 0.15) is 45.6 Å². The van der Waals surface area contributed by atoms with E-state index in [0.29, 0.717) is 13.2 Å². The number of piperidine rings is 1. The molecule has 1 aromatic rings. The van der Waals surface area contributed by atoms with Gasteiger partial charge in [-0.2, -0.15) is 0 Å². The highest BCUT2D eigenvalue weighted by Gasteiger charge is 2.18. The number of nitrogens with zero attached hydrogens (tertiary/aromatic N) is 1.